The SMILES string of the molecule is CCN(CC)c1ccc(NC(c2ccc(Cl)cc2)C(O)c2ccc(Cl)cc2)cc1.Cl. The smallest absolute Gasteiger partial charge is 0.103 e. The van der Waals surface area contributed by atoms with Crippen molar-refractivity contribution in [3.63, 3.8) is 0 Å². The van der Waals surface area contributed by atoms with Crippen LogP contribution in [0.3, 0.4) is 0 Å². The van der Waals surface area contributed by atoms with Gasteiger partial charge in [-0.2, -0.15) is 0 Å². The molecule has 0 aromatic heterocycles. The molecule has 2 atom stereocenters. The third kappa shape index (κ3) is 6.05. The zero-order chi connectivity index (χ0) is 20.8. The van der Waals surface area contributed by atoms with Gasteiger partial charge in [0.1, 0.15) is 6.10 Å². The van der Waals surface area contributed by atoms with Crippen LogP contribution in [0.15, 0.2) is 72.8 Å². The number of hydrogen-bond donors (Lipinski definition) is 2. The highest BCUT2D eigenvalue weighted by atomic mass is 35.5. The predicted octanol–water partition coefficient (Wildman–Crippen LogP) is 7.15. The second-order valence-corrected chi connectivity index (χ2v) is 7.76. The molecule has 0 bridgehead atoms. The number of benzene rings is 3. The van der Waals surface area contributed by atoms with Gasteiger partial charge in [0.15, 0.2) is 0 Å². The molecular weight excluding hydrogens is 439 g/mol. The molecule has 0 amide bonds. The lowest BCUT2D eigenvalue weighted by atomic mass is 9.95. The molecule has 0 saturated carbocycles. The van der Waals surface area contributed by atoms with Crippen molar-refractivity contribution in [3.05, 3.63) is 94.0 Å². The zero-order valence-corrected chi connectivity index (χ0v) is 19.4. The molecule has 160 valence electrons. The maximum atomic E-state index is 11.1. The van der Waals surface area contributed by atoms with E-state index in [2.05, 4.69) is 36.2 Å². The Morgan fingerprint density at radius 1 is 0.767 bits per heavy atom. The molecule has 3 rings (SSSR count). The first-order valence-corrected chi connectivity index (χ1v) is 10.6. The Hall–Kier alpha value is -1.91. The summed E-state index contributed by atoms with van der Waals surface area (Å²) in [4.78, 5) is 2.29. The molecular formula is C24H27Cl3N2O. The second kappa shape index (κ2) is 11.5. The minimum absolute atomic E-state index is 0. The van der Waals surface area contributed by atoms with Crippen molar-refractivity contribution in [2.24, 2.45) is 0 Å². The normalized spacial score (nSPS) is 12.6. The van der Waals surface area contributed by atoms with Crippen LogP contribution in [0.4, 0.5) is 11.4 Å². The van der Waals surface area contributed by atoms with E-state index < -0.39 is 6.10 Å². The summed E-state index contributed by atoms with van der Waals surface area (Å²) in [6.07, 6.45) is -0.754. The van der Waals surface area contributed by atoms with Crippen LogP contribution in [0.1, 0.15) is 37.1 Å². The highest BCUT2D eigenvalue weighted by Gasteiger charge is 2.23. The Kier molecular flexibility index (Phi) is 9.32. The molecule has 0 fully saturated rings. The van der Waals surface area contributed by atoms with Crippen molar-refractivity contribution in [1.82, 2.24) is 0 Å². The summed E-state index contributed by atoms with van der Waals surface area (Å²) in [6, 6.07) is 22.8. The first kappa shape index (κ1) is 24.4. The number of hydrogen-bond acceptors (Lipinski definition) is 3. The predicted molar refractivity (Wildman–Crippen MR) is 131 cm³/mol. The van der Waals surface area contributed by atoms with Crippen molar-refractivity contribution in [3.8, 4) is 0 Å². The van der Waals surface area contributed by atoms with Gasteiger partial charge in [0.2, 0.25) is 0 Å². The van der Waals surface area contributed by atoms with E-state index in [1.807, 2.05) is 48.5 Å². The van der Waals surface area contributed by atoms with Crippen LogP contribution < -0.4 is 10.2 Å². The van der Waals surface area contributed by atoms with Crippen molar-refractivity contribution in [1.29, 1.82) is 0 Å². The van der Waals surface area contributed by atoms with E-state index in [0.29, 0.717) is 10.0 Å². The number of aliphatic hydroxyl groups is 1. The van der Waals surface area contributed by atoms with Crippen LogP contribution in [-0.2, 0) is 0 Å². The Morgan fingerprint density at radius 2 is 1.23 bits per heavy atom. The van der Waals surface area contributed by atoms with Gasteiger partial charge in [0.25, 0.3) is 0 Å². The number of nitrogens with one attached hydrogen (secondary N) is 1. The number of rotatable bonds is 8. The monoisotopic (exact) mass is 464 g/mol. The van der Waals surface area contributed by atoms with Crippen LogP contribution in [0.5, 0.6) is 0 Å². The highest BCUT2D eigenvalue weighted by Crippen LogP contribution is 2.33. The number of anilines is 2. The molecule has 0 radical (unpaired) electrons. The summed E-state index contributed by atoms with van der Waals surface area (Å²) >= 11 is 12.1. The van der Waals surface area contributed by atoms with E-state index >= 15 is 0 Å². The minimum Gasteiger partial charge on any atom is -0.386 e. The van der Waals surface area contributed by atoms with Crippen LogP contribution in [0.2, 0.25) is 10.0 Å². The van der Waals surface area contributed by atoms with Gasteiger partial charge in [0, 0.05) is 34.5 Å². The van der Waals surface area contributed by atoms with Gasteiger partial charge in [-0.05, 0) is 73.5 Å². The maximum Gasteiger partial charge on any atom is 0.103 e. The molecule has 0 saturated heterocycles. The maximum absolute atomic E-state index is 11.1. The summed E-state index contributed by atoms with van der Waals surface area (Å²) < 4.78 is 0. The fourth-order valence-electron chi connectivity index (χ4n) is 3.40. The summed E-state index contributed by atoms with van der Waals surface area (Å²) in [7, 11) is 0. The second-order valence-electron chi connectivity index (χ2n) is 6.89. The van der Waals surface area contributed by atoms with Crippen LogP contribution in [0.25, 0.3) is 0 Å². The minimum atomic E-state index is -0.754. The first-order chi connectivity index (χ1) is 14.0. The van der Waals surface area contributed by atoms with Crippen molar-refractivity contribution in [2.75, 3.05) is 23.3 Å². The molecule has 3 nitrogen and oxygen atoms in total. The molecule has 30 heavy (non-hydrogen) atoms. The largest absolute Gasteiger partial charge is 0.386 e. The average Bonchev–Trinajstić information content (AvgIpc) is 2.75. The molecule has 0 spiro atoms. The number of nitrogens with zero attached hydrogens (tertiary/aromatic N) is 1. The van der Waals surface area contributed by atoms with Gasteiger partial charge in [-0.3, -0.25) is 0 Å². The molecule has 0 aliphatic carbocycles. The lowest BCUT2D eigenvalue weighted by Crippen LogP contribution is -2.22. The third-order valence-electron chi connectivity index (χ3n) is 5.07. The van der Waals surface area contributed by atoms with E-state index in [-0.39, 0.29) is 18.4 Å². The van der Waals surface area contributed by atoms with E-state index in [1.165, 1.54) is 5.69 Å². The summed E-state index contributed by atoms with van der Waals surface area (Å²) in [5.74, 6) is 0. The Labute approximate surface area is 195 Å². The lowest BCUT2D eigenvalue weighted by Gasteiger charge is -2.27. The van der Waals surface area contributed by atoms with Crippen LogP contribution in [-0.4, -0.2) is 18.2 Å². The van der Waals surface area contributed by atoms with E-state index in [9.17, 15) is 5.11 Å². The molecule has 3 aromatic carbocycles. The fraction of sp³-hybridized carbons (Fsp3) is 0.250. The van der Waals surface area contributed by atoms with Crippen LogP contribution >= 0.6 is 35.6 Å². The van der Waals surface area contributed by atoms with E-state index in [4.69, 9.17) is 23.2 Å². The molecule has 0 heterocycles. The summed E-state index contributed by atoms with van der Waals surface area (Å²) in [5, 5.41) is 15.9. The van der Waals surface area contributed by atoms with E-state index in [1.54, 1.807) is 12.1 Å². The van der Waals surface area contributed by atoms with Gasteiger partial charge in [-0.15, -0.1) is 12.4 Å². The topological polar surface area (TPSA) is 35.5 Å². The van der Waals surface area contributed by atoms with Gasteiger partial charge in [-0.25, -0.2) is 0 Å². The van der Waals surface area contributed by atoms with Crippen LogP contribution in [0, 0.1) is 0 Å². The Balaban J connectivity index is 0.00000320. The van der Waals surface area contributed by atoms with Gasteiger partial charge < -0.3 is 15.3 Å². The molecule has 2 N–H and O–H groups in total. The molecule has 2 unspecified atom stereocenters. The quantitative estimate of drug-likeness (QED) is 0.371. The number of aliphatic hydroxyl groups excluding tert-OH is 1. The highest BCUT2D eigenvalue weighted by molar-refractivity contribution is 6.30. The molecule has 3 aromatic rings. The standard InChI is InChI=1S/C24H26Cl2N2O.ClH/c1-3-28(4-2)22-15-13-21(14-16-22)27-23(17-5-9-19(25)10-6-17)24(29)18-7-11-20(26)12-8-18;/h5-16,23-24,27,29H,3-4H2,1-2H3;1H. The average molecular weight is 466 g/mol. The fourth-order valence-corrected chi connectivity index (χ4v) is 3.66. The van der Waals surface area contributed by atoms with Gasteiger partial charge in [0.05, 0.1) is 6.04 Å². The van der Waals surface area contributed by atoms with Crippen molar-refractivity contribution < 1.29 is 5.11 Å². The van der Waals surface area contributed by atoms with Gasteiger partial charge in [-0.1, -0.05) is 47.5 Å². The lowest BCUT2D eigenvalue weighted by molar-refractivity contribution is 0.155. The van der Waals surface area contributed by atoms with Gasteiger partial charge >= 0.3 is 0 Å². The van der Waals surface area contributed by atoms with E-state index in [0.717, 1.165) is 29.9 Å². The van der Waals surface area contributed by atoms with Crippen molar-refractivity contribution in [2.45, 2.75) is 26.0 Å². The van der Waals surface area contributed by atoms with Crippen molar-refractivity contribution >= 4 is 47.0 Å². The zero-order valence-electron chi connectivity index (χ0n) is 17.1. The number of halogens is 3. The Bertz CT molecular complexity index is 895. The first-order valence-electron chi connectivity index (χ1n) is 9.82. The molecule has 0 aliphatic rings. The summed E-state index contributed by atoms with van der Waals surface area (Å²) in [5.41, 5.74) is 3.86. The molecule has 6 heteroatoms. The third-order valence-corrected chi connectivity index (χ3v) is 5.58. The summed E-state index contributed by atoms with van der Waals surface area (Å²) in [6.45, 7) is 6.22. The Morgan fingerprint density at radius 3 is 1.70 bits per heavy atom. The molecule has 0 aliphatic heterocycles.